The second-order valence-electron chi connectivity index (χ2n) is 3.96. The van der Waals surface area contributed by atoms with Gasteiger partial charge in [0.15, 0.2) is 12.6 Å². The Labute approximate surface area is 105 Å². The molecular formula is C12H16N4O2. The normalized spacial score (nSPS) is 13.8. The Morgan fingerprint density at radius 1 is 1.39 bits per heavy atom. The van der Waals surface area contributed by atoms with Crippen LogP contribution in [-0.2, 0) is 4.79 Å². The number of guanidine groups is 1. The Morgan fingerprint density at radius 3 is 2.94 bits per heavy atom. The van der Waals surface area contributed by atoms with E-state index in [1.54, 1.807) is 4.90 Å². The number of fused-ring (bicyclic) bond motifs is 1. The largest absolute Gasteiger partial charge is 0.482 e. The van der Waals surface area contributed by atoms with Crippen molar-refractivity contribution >= 4 is 17.6 Å². The van der Waals surface area contributed by atoms with E-state index in [0.29, 0.717) is 19.5 Å². The van der Waals surface area contributed by atoms with Crippen molar-refractivity contribution in [2.75, 3.05) is 24.6 Å². The van der Waals surface area contributed by atoms with Gasteiger partial charge in [0.2, 0.25) is 0 Å². The molecule has 0 saturated carbocycles. The summed E-state index contributed by atoms with van der Waals surface area (Å²) in [5, 5.41) is 0. The van der Waals surface area contributed by atoms with Crippen LogP contribution >= 0.6 is 0 Å². The minimum atomic E-state index is -0.0431. The number of hydrogen-bond donors (Lipinski definition) is 2. The molecule has 6 nitrogen and oxygen atoms in total. The molecule has 0 aromatic heterocycles. The van der Waals surface area contributed by atoms with Gasteiger partial charge in [-0.05, 0) is 18.6 Å². The number of para-hydroxylation sites is 2. The molecule has 4 N–H and O–H groups in total. The monoisotopic (exact) mass is 248 g/mol. The lowest BCUT2D eigenvalue weighted by molar-refractivity contribution is -0.121. The van der Waals surface area contributed by atoms with Crippen LogP contribution in [0.15, 0.2) is 29.3 Å². The van der Waals surface area contributed by atoms with Crippen LogP contribution in [0.5, 0.6) is 5.75 Å². The van der Waals surface area contributed by atoms with Crippen LogP contribution in [0.4, 0.5) is 5.69 Å². The first kappa shape index (κ1) is 12.2. The molecule has 1 heterocycles. The van der Waals surface area contributed by atoms with Crippen molar-refractivity contribution in [1.29, 1.82) is 0 Å². The van der Waals surface area contributed by atoms with Gasteiger partial charge in [0, 0.05) is 13.1 Å². The van der Waals surface area contributed by atoms with Crippen LogP contribution in [0.1, 0.15) is 6.42 Å². The Bertz CT molecular complexity index is 469. The highest BCUT2D eigenvalue weighted by atomic mass is 16.5. The van der Waals surface area contributed by atoms with Gasteiger partial charge in [-0.25, -0.2) is 0 Å². The Morgan fingerprint density at radius 2 is 2.17 bits per heavy atom. The van der Waals surface area contributed by atoms with Gasteiger partial charge in [-0.1, -0.05) is 12.1 Å². The third kappa shape index (κ3) is 2.71. The van der Waals surface area contributed by atoms with Gasteiger partial charge in [0.05, 0.1) is 5.69 Å². The number of carbonyl (C=O) groups excluding carboxylic acids is 1. The SMILES string of the molecule is NC(N)=NCCCN1C(=O)COc2ccccc21. The number of nitrogens with two attached hydrogens (primary N) is 2. The molecule has 0 saturated heterocycles. The number of aliphatic imine (C=N–C) groups is 1. The summed E-state index contributed by atoms with van der Waals surface area (Å²) in [5.41, 5.74) is 11.3. The van der Waals surface area contributed by atoms with E-state index in [2.05, 4.69) is 4.99 Å². The highest BCUT2D eigenvalue weighted by molar-refractivity contribution is 5.97. The first-order valence-corrected chi connectivity index (χ1v) is 5.76. The molecule has 96 valence electrons. The number of carbonyl (C=O) groups is 1. The van der Waals surface area contributed by atoms with Crippen molar-refractivity contribution < 1.29 is 9.53 Å². The molecule has 0 aliphatic carbocycles. The molecule has 18 heavy (non-hydrogen) atoms. The van der Waals surface area contributed by atoms with E-state index in [4.69, 9.17) is 16.2 Å². The second kappa shape index (κ2) is 5.39. The van der Waals surface area contributed by atoms with E-state index in [9.17, 15) is 4.79 Å². The lowest BCUT2D eigenvalue weighted by atomic mass is 10.2. The molecule has 2 rings (SSSR count). The van der Waals surface area contributed by atoms with Gasteiger partial charge < -0.3 is 21.1 Å². The lowest BCUT2D eigenvalue weighted by Crippen LogP contribution is -2.39. The van der Waals surface area contributed by atoms with Gasteiger partial charge in [0.25, 0.3) is 5.91 Å². The van der Waals surface area contributed by atoms with E-state index in [1.165, 1.54) is 0 Å². The van der Waals surface area contributed by atoms with Crippen LogP contribution in [0.25, 0.3) is 0 Å². The summed E-state index contributed by atoms with van der Waals surface area (Å²) < 4.78 is 5.35. The van der Waals surface area contributed by atoms with E-state index >= 15 is 0 Å². The molecule has 0 atom stereocenters. The van der Waals surface area contributed by atoms with Gasteiger partial charge in [-0.15, -0.1) is 0 Å². The fourth-order valence-corrected chi connectivity index (χ4v) is 1.84. The summed E-state index contributed by atoms with van der Waals surface area (Å²) in [6, 6.07) is 7.48. The maximum atomic E-state index is 11.8. The molecule has 1 aliphatic heterocycles. The van der Waals surface area contributed by atoms with Crippen molar-refractivity contribution in [3.05, 3.63) is 24.3 Å². The quantitative estimate of drug-likeness (QED) is 0.448. The van der Waals surface area contributed by atoms with Gasteiger partial charge in [0.1, 0.15) is 5.75 Å². The third-order valence-corrected chi connectivity index (χ3v) is 2.64. The Hall–Kier alpha value is -2.24. The zero-order valence-electron chi connectivity index (χ0n) is 10.0. The molecule has 0 unspecified atom stereocenters. The number of anilines is 1. The van der Waals surface area contributed by atoms with E-state index in [-0.39, 0.29) is 18.5 Å². The zero-order valence-corrected chi connectivity index (χ0v) is 10.0. The van der Waals surface area contributed by atoms with Gasteiger partial charge >= 0.3 is 0 Å². The standard InChI is InChI=1S/C12H16N4O2/c13-12(14)15-6-3-7-16-9-4-1-2-5-10(9)18-8-11(16)17/h1-2,4-5H,3,6-8H2,(H4,13,14,15). The van der Waals surface area contributed by atoms with Crippen molar-refractivity contribution in [3.8, 4) is 5.75 Å². The summed E-state index contributed by atoms with van der Waals surface area (Å²) in [6.07, 6.45) is 0.706. The number of hydrogen-bond acceptors (Lipinski definition) is 3. The molecule has 6 heteroatoms. The third-order valence-electron chi connectivity index (χ3n) is 2.64. The summed E-state index contributed by atoms with van der Waals surface area (Å²) in [4.78, 5) is 17.4. The number of nitrogens with zero attached hydrogens (tertiary/aromatic N) is 2. The molecule has 1 amide bonds. The number of rotatable bonds is 4. The molecule has 0 bridgehead atoms. The Balaban J connectivity index is 2.03. The van der Waals surface area contributed by atoms with E-state index in [1.807, 2.05) is 24.3 Å². The first-order chi connectivity index (χ1) is 8.68. The van der Waals surface area contributed by atoms with Crippen LogP contribution in [0, 0.1) is 0 Å². The van der Waals surface area contributed by atoms with Gasteiger partial charge in [-0.2, -0.15) is 0 Å². The molecule has 1 aromatic rings. The van der Waals surface area contributed by atoms with Crippen molar-refractivity contribution in [2.24, 2.45) is 16.5 Å². The smallest absolute Gasteiger partial charge is 0.265 e. The Kier molecular flexibility index (Phi) is 3.66. The predicted octanol–water partition coefficient (Wildman–Crippen LogP) is 0.0755. The summed E-state index contributed by atoms with van der Waals surface area (Å²) in [5.74, 6) is 0.765. The molecule has 1 aromatic carbocycles. The fourth-order valence-electron chi connectivity index (χ4n) is 1.84. The maximum Gasteiger partial charge on any atom is 0.265 e. The number of amides is 1. The van der Waals surface area contributed by atoms with Gasteiger partial charge in [-0.3, -0.25) is 9.79 Å². The molecule has 0 fully saturated rings. The van der Waals surface area contributed by atoms with Crippen molar-refractivity contribution in [3.63, 3.8) is 0 Å². The predicted molar refractivity (Wildman–Crippen MR) is 69.6 cm³/mol. The minimum Gasteiger partial charge on any atom is -0.482 e. The molecule has 0 spiro atoms. The van der Waals surface area contributed by atoms with Crippen LogP contribution in [0.2, 0.25) is 0 Å². The number of ether oxygens (including phenoxy) is 1. The highest BCUT2D eigenvalue weighted by Crippen LogP contribution is 2.31. The van der Waals surface area contributed by atoms with Crippen molar-refractivity contribution in [1.82, 2.24) is 0 Å². The number of benzene rings is 1. The second-order valence-corrected chi connectivity index (χ2v) is 3.96. The molecule has 0 radical (unpaired) electrons. The summed E-state index contributed by atoms with van der Waals surface area (Å²) >= 11 is 0. The van der Waals surface area contributed by atoms with Crippen LogP contribution < -0.4 is 21.1 Å². The van der Waals surface area contributed by atoms with Crippen molar-refractivity contribution in [2.45, 2.75) is 6.42 Å². The maximum absolute atomic E-state index is 11.8. The average molecular weight is 248 g/mol. The highest BCUT2D eigenvalue weighted by Gasteiger charge is 2.24. The van der Waals surface area contributed by atoms with Crippen LogP contribution in [0.3, 0.4) is 0 Å². The molecule has 1 aliphatic rings. The summed E-state index contributed by atoms with van der Waals surface area (Å²) in [7, 11) is 0. The first-order valence-electron chi connectivity index (χ1n) is 5.76. The van der Waals surface area contributed by atoms with E-state index < -0.39 is 0 Å². The summed E-state index contributed by atoms with van der Waals surface area (Å²) in [6.45, 7) is 1.17. The average Bonchev–Trinajstić information content (AvgIpc) is 2.36. The van der Waals surface area contributed by atoms with Crippen LogP contribution in [-0.4, -0.2) is 31.6 Å². The van der Waals surface area contributed by atoms with E-state index in [0.717, 1.165) is 11.4 Å². The minimum absolute atomic E-state index is 0.0431. The zero-order chi connectivity index (χ0) is 13.0. The topological polar surface area (TPSA) is 93.9 Å². The molecular weight excluding hydrogens is 232 g/mol. The lowest BCUT2D eigenvalue weighted by Gasteiger charge is -2.29. The fraction of sp³-hybridized carbons (Fsp3) is 0.333.